The molecule has 12 heteroatoms. The third-order valence-electron chi connectivity index (χ3n) is 6.82. The van der Waals surface area contributed by atoms with Crippen LogP contribution in [0.15, 0.2) is 60.7 Å². The van der Waals surface area contributed by atoms with Crippen LogP contribution in [0.5, 0.6) is 0 Å². The van der Waals surface area contributed by atoms with Gasteiger partial charge >= 0.3 is 6.09 Å². The fourth-order valence-corrected chi connectivity index (χ4v) is 4.81. The lowest BCUT2D eigenvalue weighted by atomic mass is 9.99. The van der Waals surface area contributed by atoms with Crippen LogP contribution >= 0.6 is 0 Å². The number of likely N-dealkylation sites (tertiary alicyclic amines) is 1. The zero-order valence-electron chi connectivity index (χ0n) is 24.7. The van der Waals surface area contributed by atoms with Crippen LogP contribution < -0.4 is 21.7 Å². The Morgan fingerprint density at radius 3 is 2.16 bits per heavy atom. The molecule has 1 saturated heterocycles. The van der Waals surface area contributed by atoms with Crippen LogP contribution in [-0.2, 0) is 36.9 Å². The van der Waals surface area contributed by atoms with E-state index in [9.17, 15) is 29.1 Å². The second kappa shape index (κ2) is 15.1. The number of ether oxygens (including phenoxy) is 1. The molecule has 0 spiro atoms. The lowest BCUT2D eigenvalue weighted by molar-refractivity contribution is -0.147. The summed E-state index contributed by atoms with van der Waals surface area (Å²) < 4.78 is 5.18. The molecule has 0 aliphatic carbocycles. The number of carbonyl (C=O) groups excluding carboxylic acids is 5. The van der Waals surface area contributed by atoms with Crippen molar-refractivity contribution in [2.24, 2.45) is 5.73 Å². The van der Waals surface area contributed by atoms with E-state index in [4.69, 9.17) is 10.5 Å². The highest BCUT2D eigenvalue weighted by molar-refractivity contribution is 5.93. The normalized spacial score (nSPS) is 16.8. The summed E-state index contributed by atoms with van der Waals surface area (Å²) in [4.78, 5) is 65.5. The largest absolute Gasteiger partial charge is 0.445 e. The molecule has 0 unspecified atom stereocenters. The fraction of sp³-hybridized carbons (Fsp3) is 0.452. The van der Waals surface area contributed by atoms with Crippen molar-refractivity contribution >= 4 is 29.7 Å². The number of nitrogens with zero attached hydrogens (tertiary/aromatic N) is 1. The molecule has 1 fully saturated rings. The quantitative estimate of drug-likeness (QED) is 0.244. The van der Waals surface area contributed by atoms with Crippen LogP contribution in [-0.4, -0.2) is 76.0 Å². The van der Waals surface area contributed by atoms with Gasteiger partial charge in [-0.25, -0.2) is 4.79 Å². The molecule has 1 aliphatic rings. The lowest BCUT2D eigenvalue weighted by Gasteiger charge is -2.32. The van der Waals surface area contributed by atoms with E-state index in [0.717, 1.165) is 5.56 Å². The Balaban J connectivity index is 1.76. The van der Waals surface area contributed by atoms with E-state index in [1.54, 1.807) is 54.6 Å². The first-order chi connectivity index (χ1) is 20.3. The lowest BCUT2D eigenvalue weighted by Crippen LogP contribution is -2.59. The molecule has 0 radical (unpaired) electrons. The van der Waals surface area contributed by atoms with Crippen LogP contribution in [0.1, 0.15) is 51.2 Å². The first-order valence-corrected chi connectivity index (χ1v) is 14.2. The van der Waals surface area contributed by atoms with Gasteiger partial charge in [-0.05, 0) is 51.2 Å². The Labute approximate surface area is 251 Å². The van der Waals surface area contributed by atoms with E-state index in [1.165, 1.54) is 4.90 Å². The van der Waals surface area contributed by atoms with Gasteiger partial charge in [-0.1, -0.05) is 60.7 Å². The number of nitrogens with one attached hydrogen (secondary N) is 3. The summed E-state index contributed by atoms with van der Waals surface area (Å²) in [6.07, 6.45) is -2.17. The van der Waals surface area contributed by atoms with Crippen molar-refractivity contribution in [2.75, 3.05) is 6.54 Å². The maximum atomic E-state index is 13.6. The van der Waals surface area contributed by atoms with Gasteiger partial charge in [0.15, 0.2) is 6.10 Å². The summed E-state index contributed by atoms with van der Waals surface area (Å²) in [5, 5.41) is 19.1. The van der Waals surface area contributed by atoms with E-state index in [1.807, 2.05) is 26.8 Å². The molecular formula is C31H41N5O7. The fourth-order valence-electron chi connectivity index (χ4n) is 4.81. The molecule has 43 heavy (non-hydrogen) atoms. The van der Waals surface area contributed by atoms with Gasteiger partial charge in [0, 0.05) is 12.1 Å². The second-order valence-corrected chi connectivity index (χ2v) is 11.6. The van der Waals surface area contributed by atoms with Crippen molar-refractivity contribution in [2.45, 2.75) is 82.8 Å². The van der Waals surface area contributed by atoms with Gasteiger partial charge in [0.25, 0.3) is 5.91 Å². The average molecular weight is 596 g/mol. The van der Waals surface area contributed by atoms with E-state index in [0.29, 0.717) is 18.4 Å². The number of hydrogen-bond donors (Lipinski definition) is 5. The third-order valence-corrected chi connectivity index (χ3v) is 6.82. The van der Waals surface area contributed by atoms with Crippen LogP contribution in [0.3, 0.4) is 0 Å². The van der Waals surface area contributed by atoms with E-state index in [-0.39, 0.29) is 25.5 Å². The summed E-state index contributed by atoms with van der Waals surface area (Å²) in [6.45, 7) is 5.70. The topological polar surface area (TPSA) is 180 Å². The van der Waals surface area contributed by atoms with Gasteiger partial charge in [-0.2, -0.15) is 0 Å². The van der Waals surface area contributed by atoms with Gasteiger partial charge in [0.1, 0.15) is 18.7 Å². The molecule has 3 rings (SSSR count). The SMILES string of the molecule is CC(C)(C)NC(=O)[C@@H]1CCCN1C(=O)[C@@H](O)[C@H](Cc1ccccc1)NC(=O)[C@H](CC(N)=O)NC(=O)OCc1ccccc1. The summed E-state index contributed by atoms with van der Waals surface area (Å²) in [7, 11) is 0. The van der Waals surface area contributed by atoms with E-state index in [2.05, 4.69) is 16.0 Å². The highest BCUT2D eigenvalue weighted by Gasteiger charge is 2.40. The Bertz CT molecular complexity index is 1270. The van der Waals surface area contributed by atoms with Crippen molar-refractivity contribution in [1.29, 1.82) is 0 Å². The van der Waals surface area contributed by atoms with Crippen molar-refractivity contribution in [3.05, 3.63) is 71.8 Å². The van der Waals surface area contributed by atoms with Crippen LogP contribution in [0, 0.1) is 0 Å². The number of primary amides is 1. The Morgan fingerprint density at radius 2 is 1.58 bits per heavy atom. The van der Waals surface area contributed by atoms with Crippen molar-refractivity contribution in [3.63, 3.8) is 0 Å². The number of alkyl carbamates (subject to hydrolysis) is 1. The molecule has 1 heterocycles. The smallest absolute Gasteiger partial charge is 0.408 e. The number of nitrogens with two attached hydrogens (primary N) is 1. The highest BCUT2D eigenvalue weighted by Crippen LogP contribution is 2.21. The Morgan fingerprint density at radius 1 is 0.977 bits per heavy atom. The van der Waals surface area contributed by atoms with Crippen LogP contribution in [0.2, 0.25) is 0 Å². The molecule has 1 aliphatic heterocycles. The van der Waals surface area contributed by atoms with Gasteiger partial charge < -0.3 is 36.4 Å². The van der Waals surface area contributed by atoms with Crippen molar-refractivity contribution in [3.8, 4) is 0 Å². The molecule has 5 amide bonds. The molecule has 2 aromatic carbocycles. The molecule has 0 aromatic heterocycles. The number of carbonyl (C=O) groups is 5. The van der Waals surface area contributed by atoms with E-state index >= 15 is 0 Å². The van der Waals surface area contributed by atoms with Crippen LogP contribution in [0.4, 0.5) is 4.79 Å². The zero-order valence-corrected chi connectivity index (χ0v) is 24.7. The average Bonchev–Trinajstić information content (AvgIpc) is 3.45. The Hall–Kier alpha value is -4.45. The minimum Gasteiger partial charge on any atom is -0.445 e. The standard InChI is InChI=1S/C31H41N5O7/c1-31(2,3)35-28(40)24-15-10-16-36(24)29(41)26(38)22(17-20-11-6-4-7-12-20)33-27(39)23(18-25(32)37)34-30(42)43-19-21-13-8-5-9-14-21/h4-9,11-14,22-24,26,38H,10,15-19H2,1-3H3,(H2,32,37)(H,33,39)(H,34,42)(H,35,40)/t22-,23-,24-,26-/m0/s1. The molecule has 4 atom stereocenters. The van der Waals surface area contributed by atoms with Gasteiger partial charge in [-0.15, -0.1) is 0 Å². The minimum absolute atomic E-state index is 0.0495. The number of hydrogen-bond acceptors (Lipinski definition) is 7. The molecular weight excluding hydrogens is 554 g/mol. The number of aliphatic hydroxyl groups excluding tert-OH is 1. The van der Waals surface area contributed by atoms with E-state index < -0.39 is 60.0 Å². The summed E-state index contributed by atoms with van der Waals surface area (Å²) in [6, 6.07) is 14.4. The second-order valence-electron chi connectivity index (χ2n) is 11.6. The monoisotopic (exact) mass is 595 g/mol. The minimum atomic E-state index is -1.73. The maximum absolute atomic E-state index is 13.6. The summed E-state index contributed by atoms with van der Waals surface area (Å²) in [5.41, 5.74) is 6.26. The first-order valence-electron chi connectivity index (χ1n) is 14.2. The summed E-state index contributed by atoms with van der Waals surface area (Å²) >= 11 is 0. The molecule has 0 bridgehead atoms. The zero-order chi connectivity index (χ0) is 31.6. The number of benzene rings is 2. The maximum Gasteiger partial charge on any atom is 0.408 e. The predicted octanol–water partition coefficient (Wildman–Crippen LogP) is 1.15. The highest BCUT2D eigenvalue weighted by atomic mass is 16.5. The third kappa shape index (κ3) is 10.4. The molecule has 0 saturated carbocycles. The first kappa shape index (κ1) is 33.1. The molecule has 6 N–H and O–H groups in total. The molecule has 2 aromatic rings. The molecule has 12 nitrogen and oxygen atoms in total. The van der Waals surface area contributed by atoms with Crippen molar-refractivity contribution < 1.29 is 33.8 Å². The number of rotatable bonds is 12. The van der Waals surface area contributed by atoms with Crippen LogP contribution in [0.25, 0.3) is 0 Å². The van der Waals surface area contributed by atoms with Gasteiger partial charge in [0.05, 0.1) is 12.5 Å². The Kier molecular flexibility index (Phi) is 11.6. The van der Waals surface area contributed by atoms with Gasteiger partial charge in [-0.3, -0.25) is 19.2 Å². The predicted molar refractivity (Wildman–Crippen MR) is 158 cm³/mol. The number of amides is 5. The molecule has 232 valence electrons. The number of aliphatic hydroxyl groups is 1. The summed E-state index contributed by atoms with van der Waals surface area (Å²) in [5.74, 6) is -2.74. The van der Waals surface area contributed by atoms with Gasteiger partial charge in [0.2, 0.25) is 17.7 Å². The van der Waals surface area contributed by atoms with Crippen molar-refractivity contribution in [1.82, 2.24) is 20.9 Å².